The number of nitrogens with zero attached hydrogens (tertiary/aromatic N) is 2. The normalized spacial score (nSPS) is 16.6. The van der Waals surface area contributed by atoms with Crippen molar-refractivity contribution in [1.29, 1.82) is 0 Å². The van der Waals surface area contributed by atoms with Crippen molar-refractivity contribution in [1.82, 2.24) is 15.3 Å². The first-order chi connectivity index (χ1) is 30.1. The molecule has 3 heterocycles. The van der Waals surface area contributed by atoms with Crippen LogP contribution in [0.3, 0.4) is 0 Å². The van der Waals surface area contributed by atoms with E-state index in [1.165, 1.54) is 104 Å². The van der Waals surface area contributed by atoms with Crippen molar-refractivity contribution in [2.24, 2.45) is 0 Å². The number of piperidine rings is 1. The standard InChI is InChI=1S/C21H25NO.C21H19NO.C13H10BrN/c2*1-23-18-10-7-15(8-11-18)14-17-5-2-4-16-9-12-20-19(21(16)17)6-3-13-22-20;14-11-5-1-3-9-6-7-12-10(13(9)11)4-2-8-15-12/h2,4-5,7-8,10-11,19-20,22H,3,6,9,12-14H2,1H3;2-8,10-11,13H,9,12,14H2,1H3;1-5,8H,6-7H2/t19?,20-;;/m0../s1. The first-order valence-electron chi connectivity index (χ1n) is 21.9. The zero-order valence-electron chi connectivity index (χ0n) is 35.3. The Morgan fingerprint density at radius 2 is 1.11 bits per heavy atom. The molecule has 0 bridgehead atoms. The molecule has 2 atom stereocenters. The predicted octanol–water partition coefficient (Wildman–Crippen LogP) is 12.1. The summed E-state index contributed by atoms with van der Waals surface area (Å²) in [6.07, 6.45) is 15.2. The highest BCUT2D eigenvalue weighted by molar-refractivity contribution is 9.10. The molecule has 0 radical (unpaired) electrons. The molecule has 6 heteroatoms. The Balaban J connectivity index is 0.000000120. The lowest BCUT2D eigenvalue weighted by Crippen LogP contribution is -2.43. The Bertz CT molecular complexity index is 2600. The van der Waals surface area contributed by atoms with E-state index in [0.717, 1.165) is 50.0 Å². The smallest absolute Gasteiger partial charge is 0.118 e. The van der Waals surface area contributed by atoms with Gasteiger partial charge in [-0.2, -0.15) is 0 Å². The largest absolute Gasteiger partial charge is 0.497 e. The number of nitrogens with one attached hydrogen (secondary N) is 1. The molecule has 0 spiro atoms. The minimum Gasteiger partial charge on any atom is -0.497 e. The van der Waals surface area contributed by atoms with E-state index in [1.54, 1.807) is 25.3 Å². The van der Waals surface area contributed by atoms with Crippen molar-refractivity contribution in [3.8, 4) is 33.8 Å². The van der Waals surface area contributed by atoms with Gasteiger partial charge in [-0.1, -0.05) is 101 Å². The molecule has 1 N–H and O–H groups in total. The molecule has 3 aliphatic carbocycles. The number of fused-ring (bicyclic) bond motifs is 9. The van der Waals surface area contributed by atoms with E-state index >= 15 is 0 Å². The highest BCUT2D eigenvalue weighted by atomic mass is 79.9. The molecular formula is C55H54BrN3O2. The summed E-state index contributed by atoms with van der Waals surface area (Å²) < 4.78 is 11.7. The van der Waals surface area contributed by atoms with Crippen LogP contribution in [0.15, 0.2) is 144 Å². The number of hydrogen-bond donors (Lipinski definition) is 1. The van der Waals surface area contributed by atoms with Gasteiger partial charge < -0.3 is 14.8 Å². The van der Waals surface area contributed by atoms with E-state index in [1.807, 2.05) is 36.7 Å². The zero-order chi connectivity index (χ0) is 41.5. The van der Waals surface area contributed by atoms with Crippen LogP contribution in [0.1, 0.15) is 81.1 Å². The maximum atomic E-state index is 5.27. The van der Waals surface area contributed by atoms with Crippen LogP contribution in [-0.2, 0) is 44.9 Å². The summed E-state index contributed by atoms with van der Waals surface area (Å²) >= 11 is 3.62. The number of methoxy groups -OCH3 is 2. The molecular weight excluding hydrogens is 815 g/mol. The van der Waals surface area contributed by atoms with Gasteiger partial charge in [0, 0.05) is 51.0 Å². The van der Waals surface area contributed by atoms with Crippen LogP contribution in [0.4, 0.5) is 0 Å². The van der Waals surface area contributed by atoms with Gasteiger partial charge in [-0.15, -0.1) is 0 Å². The maximum absolute atomic E-state index is 5.27. The van der Waals surface area contributed by atoms with Gasteiger partial charge >= 0.3 is 0 Å². The Morgan fingerprint density at radius 1 is 0.557 bits per heavy atom. The molecule has 4 aliphatic rings. The number of pyridine rings is 2. The Kier molecular flexibility index (Phi) is 12.7. The number of hydrogen-bond acceptors (Lipinski definition) is 5. The number of rotatable bonds is 6. The maximum Gasteiger partial charge on any atom is 0.118 e. The third-order valence-electron chi connectivity index (χ3n) is 13.0. The average Bonchev–Trinajstić information content (AvgIpc) is 3.32. The lowest BCUT2D eigenvalue weighted by molar-refractivity contribution is 0.318. The second-order valence-corrected chi connectivity index (χ2v) is 17.5. The summed E-state index contributed by atoms with van der Waals surface area (Å²) in [6.45, 7) is 1.19. The van der Waals surface area contributed by atoms with E-state index in [0.29, 0.717) is 12.0 Å². The number of ether oxygens (including phenoxy) is 2. The minimum absolute atomic E-state index is 0.688. The van der Waals surface area contributed by atoms with E-state index in [9.17, 15) is 0 Å². The van der Waals surface area contributed by atoms with Gasteiger partial charge in [-0.3, -0.25) is 9.97 Å². The molecule has 61 heavy (non-hydrogen) atoms. The molecule has 5 nitrogen and oxygen atoms in total. The van der Waals surface area contributed by atoms with E-state index in [-0.39, 0.29) is 0 Å². The van der Waals surface area contributed by atoms with Crippen molar-refractivity contribution in [3.63, 3.8) is 0 Å². The van der Waals surface area contributed by atoms with E-state index in [2.05, 4.69) is 134 Å². The molecule has 0 amide bonds. The van der Waals surface area contributed by atoms with Crippen LogP contribution >= 0.6 is 15.9 Å². The van der Waals surface area contributed by atoms with Gasteiger partial charge in [0.25, 0.3) is 0 Å². The Hall–Kier alpha value is -5.56. The van der Waals surface area contributed by atoms with Crippen molar-refractivity contribution in [2.45, 2.75) is 76.2 Å². The molecule has 1 fully saturated rings. The Morgan fingerprint density at radius 3 is 1.75 bits per heavy atom. The molecule has 5 aromatic carbocycles. The first kappa shape index (κ1) is 40.8. The van der Waals surface area contributed by atoms with Crippen molar-refractivity contribution < 1.29 is 9.47 Å². The Labute approximate surface area is 369 Å². The number of aryl methyl sites for hydroxylation is 5. The fourth-order valence-electron chi connectivity index (χ4n) is 10.0. The van der Waals surface area contributed by atoms with Crippen molar-refractivity contribution >= 4 is 15.9 Å². The molecule has 7 aromatic rings. The fraction of sp³-hybridized carbons (Fsp3) is 0.273. The number of halogens is 1. The topological polar surface area (TPSA) is 56.3 Å². The summed E-state index contributed by atoms with van der Waals surface area (Å²) in [7, 11) is 3.42. The van der Waals surface area contributed by atoms with Gasteiger partial charge in [0.15, 0.2) is 0 Å². The van der Waals surface area contributed by atoms with E-state index < -0.39 is 0 Å². The van der Waals surface area contributed by atoms with Gasteiger partial charge in [-0.05, 0) is 169 Å². The zero-order valence-corrected chi connectivity index (χ0v) is 36.9. The third kappa shape index (κ3) is 9.07. The van der Waals surface area contributed by atoms with Crippen LogP contribution in [-0.4, -0.2) is 36.8 Å². The van der Waals surface area contributed by atoms with Crippen LogP contribution in [0, 0.1) is 0 Å². The number of aromatic nitrogens is 2. The monoisotopic (exact) mass is 867 g/mol. The van der Waals surface area contributed by atoms with Gasteiger partial charge in [0.05, 0.1) is 14.2 Å². The fourth-order valence-corrected chi connectivity index (χ4v) is 10.6. The molecule has 2 aromatic heterocycles. The summed E-state index contributed by atoms with van der Waals surface area (Å²) in [6, 6.07) is 46.0. The molecule has 308 valence electrons. The lowest BCUT2D eigenvalue weighted by atomic mass is 9.73. The minimum atomic E-state index is 0.688. The van der Waals surface area contributed by atoms with Crippen molar-refractivity contribution in [2.75, 3.05) is 20.8 Å². The van der Waals surface area contributed by atoms with Crippen molar-refractivity contribution in [3.05, 3.63) is 200 Å². The SMILES string of the molecule is Brc1cccc2c1-c1cccnc1CC2.COc1ccc(Cc2cccc3c2-c2cccnc2CC3)cc1.COc1ccc(Cc2cccc3c2C2CCCN[C@H]2CC3)cc1. The molecule has 1 aliphatic heterocycles. The van der Waals surface area contributed by atoms with Crippen LogP contribution < -0.4 is 14.8 Å². The molecule has 0 saturated carbocycles. The molecule has 11 rings (SSSR count). The van der Waals surface area contributed by atoms with Gasteiger partial charge in [0.1, 0.15) is 11.5 Å². The van der Waals surface area contributed by atoms with Crippen LogP contribution in [0.5, 0.6) is 11.5 Å². The van der Waals surface area contributed by atoms with Crippen LogP contribution in [0.25, 0.3) is 22.3 Å². The summed E-state index contributed by atoms with van der Waals surface area (Å²) in [5.41, 5.74) is 19.4. The lowest BCUT2D eigenvalue weighted by Gasteiger charge is -2.39. The first-order valence-corrected chi connectivity index (χ1v) is 22.7. The number of benzene rings is 5. The second kappa shape index (κ2) is 19.0. The molecule has 1 saturated heterocycles. The second-order valence-electron chi connectivity index (χ2n) is 16.6. The average molecular weight is 869 g/mol. The molecule has 1 unspecified atom stereocenters. The summed E-state index contributed by atoms with van der Waals surface area (Å²) in [5.74, 6) is 2.54. The predicted molar refractivity (Wildman–Crippen MR) is 252 cm³/mol. The highest BCUT2D eigenvalue weighted by Gasteiger charge is 2.33. The third-order valence-corrected chi connectivity index (χ3v) is 13.7. The summed E-state index contributed by atoms with van der Waals surface area (Å²) in [5, 5.41) is 3.75. The van der Waals surface area contributed by atoms with E-state index in [4.69, 9.17) is 9.47 Å². The van der Waals surface area contributed by atoms with Gasteiger partial charge in [-0.25, -0.2) is 0 Å². The highest BCUT2D eigenvalue weighted by Crippen LogP contribution is 2.41. The van der Waals surface area contributed by atoms with Gasteiger partial charge in [0.2, 0.25) is 0 Å². The van der Waals surface area contributed by atoms with Crippen LogP contribution in [0.2, 0.25) is 0 Å². The quantitative estimate of drug-likeness (QED) is 0.180. The summed E-state index contributed by atoms with van der Waals surface area (Å²) in [4.78, 5) is 9.01.